The summed E-state index contributed by atoms with van der Waals surface area (Å²) in [5.41, 5.74) is 5.66. The summed E-state index contributed by atoms with van der Waals surface area (Å²) < 4.78 is 26.2. The van der Waals surface area contributed by atoms with Gasteiger partial charge in [0.05, 0.1) is 5.75 Å². The summed E-state index contributed by atoms with van der Waals surface area (Å²) in [6, 6.07) is 0.0357. The molecule has 3 N–H and O–H groups in total. The molecule has 16 heavy (non-hydrogen) atoms. The first-order chi connectivity index (χ1) is 7.59. The van der Waals surface area contributed by atoms with Crippen LogP contribution >= 0.6 is 0 Å². The standard InChI is InChI=1S/C11H22N2O2S/c1-2-3-8-16(14,15)13-11-7-5-4-6-10(11)9-12/h2,10-11,13H,1,3-9,12H2. The lowest BCUT2D eigenvalue weighted by Crippen LogP contribution is -2.45. The fourth-order valence-corrected chi connectivity index (χ4v) is 3.54. The van der Waals surface area contributed by atoms with E-state index >= 15 is 0 Å². The normalized spacial score (nSPS) is 26.6. The largest absolute Gasteiger partial charge is 0.330 e. The fourth-order valence-electron chi connectivity index (χ4n) is 2.17. The van der Waals surface area contributed by atoms with Gasteiger partial charge in [-0.15, -0.1) is 6.58 Å². The maximum absolute atomic E-state index is 11.7. The molecule has 2 atom stereocenters. The third kappa shape index (κ3) is 4.23. The first kappa shape index (κ1) is 13.7. The summed E-state index contributed by atoms with van der Waals surface area (Å²) >= 11 is 0. The highest BCUT2D eigenvalue weighted by molar-refractivity contribution is 7.89. The van der Waals surface area contributed by atoms with E-state index < -0.39 is 10.0 Å². The van der Waals surface area contributed by atoms with Crippen LogP contribution in [-0.4, -0.2) is 26.8 Å². The molecule has 0 saturated heterocycles. The molecule has 0 radical (unpaired) electrons. The number of rotatable bonds is 6. The number of sulfonamides is 1. The van der Waals surface area contributed by atoms with Crippen molar-refractivity contribution < 1.29 is 8.42 Å². The Labute approximate surface area is 98.3 Å². The van der Waals surface area contributed by atoms with Gasteiger partial charge in [0, 0.05) is 6.04 Å². The molecule has 4 nitrogen and oxygen atoms in total. The third-order valence-corrected chi connectivity index (χ3v) is 4.57. The minimum atomic E-state index is -3.16. The number of hydrogen-bond acceptors (Lipinski definition) is 3. The van der Waals surface area contributed by atoms with E-state index in [1.54, 1.807) is 6.08 Å². The van der Waals surface area contributed by atoms with Gasteiger partial charge in [-0.25, -0.2) is 13.1 Å². The van der Waals surface area contributed by atoms with Crippen LogP contribution in [0.15, 0.2) is 12.7 Å². The lowest BCUT2D eigenvalue weighted by molar-refractivity contribution is 0.296. The Morgan fingerprint density at radius 3 is 2.69 bits per heavy atom. The van der Waals surface area contributed by atoms with Crippen molar-refractivity contribution in [1.29, 1.82) is 0 Å². The molecule has 0 bridgehead atoms. The summed E-state index contributed by atoms with van der Waals surface area (Å²) in [6.45, 7) is 4.09. The summed E-state index contributed by atoms with van der Waals surface area (Å²) in [7, 11) is -3.16. The Hall–Kier alpha value is -0.390. The molecular weight excluding hydrogens is 224 g/mol. The summed E-state index contributed by atoms with van der Waals surface area (Å²) in [6.07, 6.45) is 6.31. The molecule has 0 heterocycles. The van der Waals surface area contributed by atoms with Crippen molar-refractivity contribution in [3.63, 3.8) is 0 Å². The van der Waals surface area contributed by atoms with Crippen molar-refractivity contribution in [1.82, 2.24) is 4.72 Å². The first-order valence-corrected chi connectivity index (χ1v) is 7.55. The number of nitrogens with one attached hydrogen (secondary N) is 1. The van der Waals surface area contributed by atoms with E-state index in [0.29, 0.717) is 18.9 Å². The van der Waals surface area contributed by atoms with Crippen LogP contribution in [0.3, 0.4) is 0 Å². The second kappa shape index (κ2) is 6.37. The van der Waals surface area contributed by atoms with Gasteiger partial charge in [0.2, 0.25) is 10.0 Å². The molecule has 0 amide bonds. The lowest BCUT2D eigenvalue weighted by atomic mass is 9.85. The maximum atomic E-state index is 11.7. The molecule has 1 saturated carbocycles. The smallest absolute Gasteiger partial charge is 0.212 e. The molecule has 1 fully saturated rings. The zero-order valence-corrected chi connectivity index (χ0v) is 10.5. The molecule has 2 unspecified atom stereocenters. The molecule has 1 aliphatic rings. The average Bonchev–Trinajstić information content (AvgIpc) is 2.27. The number of hydrogen-bond donors (Lipinski definition) is 2. The minimum absolute atomic E-state index is 0.0357. The molecule has 5 heteroatoms. The average molecular weight is 246 g/mol. The van der Waals surface area contributed by atoms with Gasteiger partial charge < -0.3 is 5.73 Å². The summed E-state index contributed by atoms with van der Waals surface area (Å²) in [4.78, 5) is 0. The molecule has 0 aliphatic heterocycles. The third-order valence-electron chi connectivity index (χ3n) is 3.13. The molecule has 0 aromatic rings. The predicted octanol–water partition coefficient (Wildman–Crippen LogP) is 0.999. The van der Waals surface area contributed by atoms with Gasteiger partial charge >= 0.3 is 0 Å². The Balaban J connectivity index is 2.53. The molecule has 0 spiro atoms. The summed E-state index contributed by atoms with van der Waals surface area (Å²) in [5, 5.41) is 0. The van der Waals surface area contributed by atoms with Crippen LogP contribution in [0.2, 0.25) is 0 Å². The van der Waals surface area contributed by atoms with Crippen LogP contribution in [0.4, 0.5) is 0 Å². The van der Waals surface area contributed by atoms with Crippen molar-refractivity contribution >= 4 is 10.0 Å². The highest BCUT2D eigenvalue weighted by Crippen LogP contribution is 2.24. The van der Waals surface area contributed by atoms with E-state index in [0.717, 1.165) is 25.7 Å². The van der Waals surface area contributed by atoms with Crippen LogP contribution in [0.1, 0.15) is 32.1 Å². The molecule has 1 rings (SSSR count). The Bertz CT molecular complexity index is 314. The zero-order chi connectivity index (χ0) is 12.0. The van der Waals surface area contributed by atoms with Crippen LogP contribution in [0.5, 0.6) is 0 Å². The number of nitrogens with two attached hydrogens (primary N) is 1. The molecular formula is C11H22N2O2S. The quantitative estimate of drug-likeness (QED) is 0.687. The molecule has 0 aromatic heterocycles. The zero-order valence-electron chi connectivity index (χ0n) is 9.69. The van der Waals surface area contributed by atoms with E-state index in [1.165, 1.54) is 0 Å². The minimum Gasteiger partial charge on any atom is -0.330 e. The fraction of sp³-hybridized carbons (Fsp3) is 0.818. The second-order valence-electron chi connectivity index (χ2n) is 4.40. The molecule has 94 valence electrons. The lowest BCUT2D eigenvalue weighted by Gasteiger charge is -2.30. The van der Waals surface area contributed by atoms with Crippen LogP contribution < -0.4 is 10.5 Å². The highest BCUT2D eigenvalue weighted by Gasteiger charge is 2.27. The van der Waals surface area contributed by atoms with Crippen molar-refractivity contribution in [2.24, 2.45) is 11.7 Å². The van der Waals surface area contributed by atoms with E-state index in [-0.39, 0.29) is 11.8 Å². The van der Waals surface area contributed by atoms with Gasteiger partial charge in [-0.3, -0.25) is 0 Å². The van der Waals surface area contributed by atoms with E-state index in [4.69, 9.17) is 5.73 Å². The van der Waals surface area contributed by atoms with Crippen molar-refractivity contribution in [3.05, 3.63) is 12.7 Å². The van der Waals surface area contributed by atoms with Gasteiger partial charge in [0.25, 0.3) is 0 Å². The second-order valence-corrected chi connectivity index (χ2v) is 6.27. The Morgan fingerprint density at radius 1 is 1.38 bits per heavy atom. The Kier molecular flexibility index (Phi) is 5.44. The molecule has 0 aromatic carbocycles. The van der Waals surface area contributed by atoms with E-state index in [1.807, 2.05) is 0 Å². The summed E-state index contributed by atoms with van der Waals surface area (Å²) in [5.74, 6) is 0.428. The predicted molar refractivity (Wildman–Crippen MR) is 66.5 cm³/mol. The topological polar surface area (TPSA) is 72.2 Å². The van der Waals surface area contributed by atoms with Crippen LogP contribution in [0, 0.1) is 5.92 Å². The number of allylic oxidation sites excluding steroid dienone is 1. The van der Waals surface area contributed by atoms with Crippen molar-refractivity contribution in [2.45, 2.75) is 38.1 Å². The van der Waals surface area contributed by atoms with Gasteiger partial charge in [-0.2, -0.15) is 0 Å². The van der Waals surface area contributed by atoms with Crippen LogP contribution in [0.25, 0.3) is 0 Å². The van der Waals surface area contributed by atoms with Gasteiger partial charge in [-0.1, -0.05) is 18.9 Å². The van der Waals surface area contributed by atoms with Crippen molar-refractivity contribution in [2.75, 3.05) is 12.3 Å². The monoisotopic (exact) mass is 246 g/mol. The first-order valence-electron chi connectivity index (χ1n) is 5.90. The van der Waals surface area contributed by atoms with Crippen molar-refractivity contribution in [3.8, 4) is 0 Å². The van der Waals surface area contributed by atoms with E-state index in [9.17, 15) is 8.42 Å². The molecule has 1 aliphatic carbocycles. The van der Waals surface area contributed by atoms with Gasteiger partial charge in [0.1, 0.15) is 0 Å². The Morgan fingerprint density at radius 2 is 2.06 bits per heavy atom. The van der Waals surface area contributed by atoms with E-state index in [2.05, 4.69) is 11.3 Å². The van der Waals surface area contributed by atoms with Gasteiger partial charge in [0.15, 0.2) is 0 Å². The maximum Gasteiger partial charge on any atom is 0.212 e. The highest BCUT2D eigenvalue weighted by atomic mass is 32.2. The van der Waals surface area contributed by atoms with Gasteiger partial charge in [-0.05, 0) is 31.7 Å². The van der Waals surface area contributed by atoms with Crippen LogP contribution in [-0.2, 0) is 10.0 Å². The SMILES string of the molecule is C=CCCS(=O)(=O)NC1CCCCC1CN.